The van der Waals surface area contributed by atoms with E-state index in [4.69, 9.17) is 4.74 Å². The Balaban J connectivity index is 2.12. The van der Waals surface area contributed by atoms with E-state index in [-0.39, 0.29) is 0 Å². The van der Waals surface area contributed by atoms with Gasteiger partial charge in [0.2, 0.25) is 0 Å². The van der Waals surface area contributed by atoms with Gasteiger partial charge in [-0.25, -0.2) is 10.0 Å². The summed E-state index contributed by atoms with van der Waals surface area (Å²) >= 11 is 0. The number of ether oxygens (including phenoxy) is 1. The average Bonchev–Trinajstić information content (AvgIpc) is 2.68. The Hall–Kier alpha value is -1.19. The second-order valence-corrected chi connectivity index (χ2v) is 10.5. The fourth-order valence-electron chi connectivity index (χ4n) is 4.00. The van der Waals surface area contributed by atoms with E-state index in [2.05, 4.69) is 63.4 Å². The lowest BCUT2D eigenvalue weighted by atomic mass is 10.1. The molecule has 120 valence electrons. The quantitative estimate of drug-likeness (QED) is 0.781. The Morgan fingerprint density at radius 1 is 1.27 bits per heavy atom. The van der Waals surface area contributed by atoms with Crippen molar-refractivity contribution in [2.45, 2.75) is 37.9 Å². The van der Waals surface area contributed by atoms with Crippen molar-refractivity contribution < 1.29 is 4.74 Å². The molecule has 2 aromatic rings. The summed E-state index contributed by atoms with van der Waals surface area (Å²) in [4.78, 5) is 1.52. The summed E-state index contributed by atoms with van der Waals surface area (Å²) in [5, 5.41) is 1.37. The summed E-state index contributed by atoms with van der Waals surface area (Å²) < 4.78 is 8.20. The van der Waals surface area contributed by atoms with E-state index in [1.807, 2.05) is 6.08 Å². The number of nitrogens with zero attached hydrogens (tertiary/aromatic N) is 1. The van der Waals surface area contributed by atoms with Gasteiger partial charge in [0.15, 0.2) is 0 Å². The van der Waals surface area contributed by atoms with Crippen LogP contribution in [0.3, 0.4) is 0 Å². The topological polar surface area (TPSA) is 14.2 Å². The van der Waals surface area contributed by atoms with Crippen molar-refractivity contribution in [3.8, 4) is 0 Å². The number of fused-ring (bicyclic) bond motifs is 1. The summed E-state index contributed by atoms with van der Waals surface area (Å²) in [5.41, 5.74) is 3.86. The Morgan fingerprint density at radius 3 is 2.50 bits per heavy atom. The number of rotatable bonds is 2. The molecule has 3 rings (SSSR count). The second kappa shape index (κ2) is 5.47. The summed E-state index contributed by atoms with van der Waals surface area (Å²) in [5.74, 6) is 2.34. The molecule has 0 saturated carbocycles. The molecule has 2 nitrogen and oxygen atoms in total. The average molecular weight is 317 g/mol. The van der Waals surface area contributed by atoms with Crippen LogP contribution in [0.5, 0.6) is 0 Å². The largest absolute Gasteiger partial charge is 0.374 e. The van der Waals surface area contributed by atoms with Gasteiger partial charge in [0.25, 0.3) is 0 Å². The minimum absolute atomic E-state index is 0.361. The van der Waals surface area contributed by atoms with E-state index < -0.39 is 10.0 Å². The summed E-state index contributed by atoms with van der Waals surface area (Å²) in [6, 6.07) is 7.06. The molecule has 0 amide bonds. The van der Waals surface area contributed by atoms with Gasteiger partial charge in [0, 0.05) is 35.2 Å². The van der Waals surface area contributed by atoms with Gasteiger partial charge in [-0.05, 0) is 61.8 Å². The first-order chi connectivity index (χ1) is 10.4. The molecule has 1 aromatic carbocycles. The fourth-order valence-corrected chi connectivity index (χ4v) is 7.54. The molecule has 0 N–H and O–H groups in total. The molecule has 2 unspecified atom stereocenters. The normalized spacial score (nSPS) is 31.9. The van der Waals surface area contributed by atoms with Crippen LogP contribution in [0.1, 0.15) is 25.1 Å². The van der Waals surface area contributed by atoms with Crippen molar-refractivity contribution in [2.75, 3.05) is 17.8 Å². The zero-order valence-electron chi connectivity index (χ0n) is 14.3. The number of aromatic nitrogens is 1. The van der Waals surface area contributed by atoms with Crippen molar-refractivity contribution in [3.05, 3.63) is 36.0 Å². The SMILES string of the molecule is C=Cc1c(C)c2cc(S3(C)CC(C)OC(C)C3)ccc2n1C. The maximum Gasteiger partial charge on any atom is 0.0629 e. The van der Waals surface area contributed by atoms with E-state index in [1.54, 1.807) is 0 Å². The van der Waals surface area contributed by atoms with E-state index in [0.29, 0.717) is 12.2 Å². The first-order valence-corrected chi connectivity index (χ1v) is 10.3. The van der Waals surface area contributed by atoms with Crippen LogP contribution in [-0.4, -0.2) is 34.5 Å². The minimum Gasteiger partial charge on any atom is -0.374 e. The van der Waals surface area contributed by atoms with Crippen LogP contribution < -0.4 is 0 Å². The Kier molecular flexibility index (Phi) is 3.90. The molecule has 1 saturated heterocycles. The van der Waals surface area contributed by atoms with E-state index >= 15 is 0 Å². The number of hydrogen-bond acceptors (Lipinski definition) is 1. The molecule has 2 heterocycles. The highest BCUT2D eigenvalue weighted by molar-refractivity contribution is 8.33. The van der Waals surface area contributed by atoms with Crippen LogP contribution in [0, 0.1) is 6.92 Å². The van der Waals surface area contributed by atoms with Gasteiger partial charge in [-0.3, -0.25) is 0 Å². The molecule has 0 bridgehead atoms. The molecule has 1 fully saturated rings. The standard InChI is InChI=1S/C19H27NOS/c1-7-18-15(4)17-10-16(8-9-19(17)20(18)5)22(6)11-13(2)21-14(3)12-22/h7-10,13-14H,1,11-12H2,2-6H3. The number of hydrogen-bond donors (Lipinski definition) is 0. The predicted octanol–water partition coefficient (Wildman–Crippen LogP) is 4.73. The third kappa shape index (κ3) is 2.40. The van der Waals surface area contributed by atoms with Crippen LogP contribution in [0.15, 0.2) is 29.7 Å². The van der Waals surface area contributed by atoms with Crippen molar-refractivity contribution in [2.24, 2.45) is 7.05 Å². The molecule has 1 aromatic heterocycles. The zero-order chi connectivity index (χ0) is 16.1. The predicted molar refractivity (Wildman–Crippen MR) is 99.3 cm³/mol. The first kappa shape index (κ1) is 15.7. The van der Waals surface area contributed by atoms with Crippen molar-refractivity contribution in [1.82, 2.24) is 4.57 Å². The smallest absolute Gasteiger partial charge is 0.0629 e. The maximum absolute atomic E-state index is 5.96. The van der Waals surface area contributed by atoms with Crippen LogP contribution in [0.25, 0.3) is 17.0 Å². The molecule has 0 radical (unpaired) electrons. The third-order valence-electron chi connectivity index (χ3n) is 4.91. The van der Waals surface area contributed by atoms with Crippen molar-refractivity contribution in [3.63, 3.8) is 0 Å². The van der Waals surface area contributed by atoms with Crippen LogP contribution in [0.2, 0.25) is 0 Å². The summed E-state index contributed by atoms with van der Waals surface area (Å²) in [6.45, 7) is 10.6. The number of aryl methyl sites for hydroxylation is 2. The molecule has 0 aliphatic carbocycles. The van der Waals surface area contributed by atoms with Gasteiger partial charge in [-0.2, -0.15) is 0 Å². The molecule has 22 heavy (non-hydrogen) atoms. The Bertz CT molecular complexity index is 721. The lowest BCUT2D eigenvalue weighted by Gasteiger charge is -2.45. The first-order valence-electron chi connectivity index (χ1n) is 7.96. The molecule has 1 aliphatic rings. The van der Waals surface area contributed by atoms with Crippen LogP contribution in [0.4, 0.5) is 0 Å². The maximum atomic E-state index is 5.96. The van der Waals surface area contributed by atoms with Crippen LogP contribution >= 0.6 is 10.0 Å². The molecule has 2 atom stereocenters. The molecular formula is C19H27NOS. The van der Waals surface area contributed by atoms with Gasteiger partial charge in [0.1, 0.15) is 0 Å². The molecular weight excluding hydrogens is 290 g/mol. The van der Waals surface area contributed by atoms with Gasteiger partial charge < -0.3 is 9.30 Å². The van der Waals surface area contributed by atoms with Crippen molar-refractivity contribution in [1.29, 1.82) is 0 Å². The molecule has 3 heteroatoms. The Labute approximate surface area is 135 Å². The highest BCUT2D eigenvalue weighted by atomic mass is 32.3. The van der Waals surface area contributed by atoms with E-state index in [1.165, 1.54) is 38.6 Å². The zero-order valence-corrected chi connectivity index (χ0v) is 15.2. The van der Waals surface area contributed by atoms with E-state index in [0.717, 1.165) is 0 Å². The lowest BCUT2D eigenvalue weighted by molar-refractivity contribution is 0.0275. The van der Waals surface area contributed by atoms with Gasteiger partial charge in [0.05, 0.1) is 12.2 Å². The third-order valence-corrected chi connectivity index (χ3v) is 8.71. The Morgan fingerprint density at radius 2 is 1.91 bits per heavy atom. The van der Waals surface area contributed by atoms with E-state index in [9.17, 15) is 0 Å². The fraction of sp³-hybridized carbons (Fsp3) is 0.474. The van der Waals surface area contributed by atoms with Gasteiger partial charge in [-0.15, -0.1) is 0 Å². The minimum atomic E-state index is -0.796. The highest BCUT2D eigenvalue weighted by Crippen LogP contribution is 2.56. The van der Waals surface area contributed by atoms with Crippen LogP contribution in [-0.2, 0) is 11.8 Å². The monoisotopic (exact) mass is 317 g/mol. The number of benzene rings is 1. The summed E-state index contributed by atoms with van der Waals surface area (Å²) in [7, 11) is 1.33. The molecule has 1 aliphatic heterocycles. The molecule has 0 spiro atoms. The van der Waals surface area contributed by atoms with Gasteiger partial charge >= 0.3 is 0 Å². The van der Waals surface area contributed by atoms with Gasteiger partial charge in [-0.1, -0.05) is 6.58 Å². The van der Waals surface area contributed by atoms with Crippen molar-refractivity contribution >= 4 is 27.0 Å². The second-order valence-electron chi connectivity index (χ2n) is 6.82. The lowest BCUT2D eigenvalue weighted by Crippen LogP contribution is -2.35. The highest BCUT2D eigenvalue weighted by Gasteiger charge is 2.32. The summed E-state index contributed by atoms with van der Waals surface area (Å²) in [6.07, 6.45) is 5.15.